The van der Waals surface area contributed by atoms with Gasteiger partial charge >= 0.3 is 0 Å². The van der Waals surface area contributed by atoms with E-state index < -0.39 is 0 Å². The Hall–Kier alpha value is -1.99. The van der Waals surface area contributed by atoms with Crippen LogP contribution >= 0.6 is 23.4 Å². The number of halogens is 1. The van der Waals surface area contributed by atoms with Crippen molar-refractivity contribution in [3.05, 3.63) is 69.3 Å². The third-order valence-corrected chi connectivity index (χ3v) is 5.89. The minimum Gasteiger partial charge on any atom is -0.314 e. The lowest BCUT2D eigenvalue weighted by Crippen LogP contribution is -2.50. The van der Waals surface area contributed by atoms with Gasteiger partial charge in [-0.05, 0) is 49.2 Å². The molecule has 2 aliphatic rings. The molecule has 2 aliphatic heterocycles. The average molecular weight is 386 g/mol. The molecule has 0 aliphatic carbocycles. The van der Waals surface area contributed by atoms with Gasteiger partial charge in [0.1, 0.15) is 16.7 Å². The second-order valence-electron chi connectivity index (χ2n) is 6.38. The molecule has 2 aromatic rings. The van der Waals surface area contributed by atoms with Crippen LogP contribution in [0.3, 0.4) is 0 Å². The largest absolute Gasteiger partial charge is 0.314 e. The van der Waals surface area contributed by atoms with Crippen LogP contribution in [0.15, 0.2) is 58.2 Å². The molecule has 0 fully saturated rings. The number of aryl methyl sites for hydroxylation is 2. The highest BCUT2D eigenvalue weighted by molar-refractivity contribution is 8.04. The molecule has 0 aromatic heterocycles. The zero-order valence-electron chi connectivity index (χ0n) is 14.6. The summed E-state index contributed by atoms with van der Waals surface area (Å²) in [5.41, 5.74) is 18.1. The van der Waals surface area contributed by atoms with Crippen LogP contribution in [-0.4, -0.2) is 18.0 Å². The van der Waals surface area contributed by atoms with Gasteiger partial charge in [0, 0.05) is 16.4 Å². The molecular weight excluding hydrogens is 366 g/mol. The lowest BCUT2D eigenvalue weighted by atomic mass is 10.1. The first-order valence-electron chi connectivity index (χ1n) is 8.33. The van der Waals surface area contributed by atoms with Gasteiger partial charge in [-0.3, -0.25) is 0 Å². The van der Waals surface area contributed by atoms with Gasteiger partial charge in [0.2, 0.25) is 0 Å². The number of hydrogen-bond acceptors (Lipinski definition) is 6. The summed E-state index contributed by atoms with van der Waals surface area (Å²) in [4.78, 5) is 8.68. The van der Waals surface area contributed by atoms with Crippen molar-refractivity contribution >= 4 is 41.1 Å². The smallest absolute Gasteiger partial charge is 0.136 e. The maximum atomic E-state index is 6.66. The number of nitrogens with two attached hydrogens (primary N) is 2. The molecule has 26 heavy (non-hydrogen) atoms. The van der Waals surface area contributed by atoms with Gasteiger partial charge in [0.25, 0.3) is 0 Å². The first-order chi connectivity index (χ1) is 12.5. The van der Waals surface area contributed by atoms with E-state index in [2.05, 4.69) is 41.9 Å². The third kappa shape index (κ3) is 2.79. The molecule has 2 unspecified atom stereocenters. The van der Waals surface area contributed by atoms with Gasteiger partial charge in [-0.2, -0.15) is 0 Å². The first kappa shape index (κ1) is 17.4. The summed E-state index contributed by atoms with van der Waals surface area (Å²) < 4.78 is 0. The molecule has 0 bridgehead atoms. The van der Waals surface area contributed by atoms with E-state index in [1.807, 2.05) is 29.2 Å². The summed E-state index contributed by atoms with van der Waals surface area (Å²) in [6.07, 6.45) is 1.38. The Morgan fingerprint density at radius 2 is 1.69 bits per heavy atom. The fraction of sp³-hybridized carbons (Fsp3) is 0.211. The molecule has 7 heteroatoms. The quantitative estimate of drug-likeness (QED) is 0.823. The van der Waals surface area contributed by atoms with Gasteiger partial charge in [-0.15, -0.1) is 0 Å². The van der Waals surface area contributed by atoms with Crippen molar-refractivity contribution in [3.8, 4) is 0 Å². The molecule has 5 nitrogen and oxygen atoms in total. The van der Waals surface area contributed by atoms with E-state index in [1.54, 1.807) is 6.34 Å². The number of nitrogens with zero attached hydrogens (tertiary/aromatic N) is 3. The Balaban J connectivity index is 1.76. The predicted molar refractivity (Wildman–Crippen MR) is 111 cm³/mol. The zero-order chi connectivity index (χ0) is 18.4. The zero-order valence-corrected chi connectivity index (χ0v) is 16.1. The second kappa shape index (κ2) is 6.63. The normalized spacial score (nSPS) is 22.2. The lowest BCUT2D eigenvalue weighted by molar-refractivity contribution is 0.721. The Morgan fingerprint density at radius 3 is 2.35 bits per heavy atom. The monoisotopic (exact) mass is 385 g/mol. The molecule has 134 valence electrons. The maximum absolute atomic E-state index is 6.66. The summed E-state index contributed by atoms with van der Waals surface area (Å²) in [5, 5.41) is 1.56. The number of para-hydroxylation sites is 1. The van der Waals surface area contributed by atoms with Crippen LogP contribution < -0.4 is 21.3 Å². The number of hydrogen-bond donors (Lipinski definition) is 2. The van der Waals surface area contributed by atoms with Gasteiger partial charge < -0.3 is 21.3 Å². The Labute approximate surface area is 162 Å². The van der Waals surface area contributed by atoms with Gasteiger partial charge in [-0.25, -0.2) is 4.99 Å². The van der Waals surface area contributed by atoms with Crippen molar-refractivity contribution < 1.29 is 0 Å². The Morgan fingerprint density at radius 1 is 1.04 bits per heavy atom. The van der Waals surface area contributed by atoms with Crippen molar-refractivity contribution in [1.29, 1.82) is 0 Å². The van der Waals surface area contributed by atoms with Crippen molar-refractivity contribution in [2.45, 2.75) is 25.5 Å². The topological polar surface area (TPSA) is 70.9 Å². The summed E-state index contributed by atoms with van der Waals surface area (Å²) >= 11 is 7.54. The molecule has 2 heterocycles. The van der Waals surface area contributed by atoms with Crippen molar-refractivity contribution in [3.63, 3.8) is 0 Å². The van der Waals surface area contributed by atoms with E-state index in [4.69, 9.17) is 23.1 Å². The van der Waals surface area contributed by atoms with Crippen LogP contribution in [0.4, 0.5) is 11.4 Å². The van der Waals surface area contributed by atoms with Gasteiger partial charge in [-0.1, -0.05) is 41.6 Å². The van der Waals surface area contributed by atoms with Gasteiger partial charge in [0.15, 0.2) is 0 Å². The number of benzene rings is 2. The van der Waals surface area contributed by atoms with Crippen molar-refractivity contribution in [1.82, 2.24) is 0 Å². The van der Waals surface area contributed by atoms with Crippen LogP contribution in [-0.2, 0) is 0 Å². The average Bonchev–Trinajstić information content (AvgIpc) is 2.93. The Kier molecular flexibility index (Phi) is 4.44. The van der Waals surface area contributed by atoms with E-state index in [0.29, 0.717) is 5.02 Å². The number of anilines is 2. The van der Waals surface area contributed by atoms with Crippen LogP contribution in [0, 0.1) is 13.8 Å². The van der Waals surface area contributed by atoms with Crippen LogP contribution in [0.1, 0.15) is 11.1 Å². The molecule has 0 saturated carbocycles. The molecule has 0 radical (unpaired) electrons. The van der Waals surface area contributed by atoms with Crippen LogP contribution in [0.2, 0.25) is 5.02 Å². The standard InChI is InChI=1S/C19H20ClN5S/c1-11-4-3-5-12(2)15(11)25-16-17(21)24(10-23-18(16)26-19(25)22)14-8-6-13(20)7-9-14/h3-10,17,19H,21-22H2,1-2H3. The molecule has 0 saturated heterocycles. The van der Waals surface area contributed by atoms with E-state index >= 15 is 0 Å². The number of rotatable bonds is 2. The third-order valence-electron chi connectivity index (χ3n) is 4.65. The maximum Gasteiger partial charge on any atom is 0.136 e. The van der Waals surface area contributed by atoms with Gasteiger partial charge in [0.05, 0.1) is 12.0 Å². The van der Waals surface area contributed by atoms with E-state index in [0.717, 1.165) is 33.2 Å². The molecule has 2 aromatic carbocycles. The summed E-state index contributed by atoms with van der Waals surface area (Å²) in [7, 11) is 0. The van der Waals surface area contributed by atoms with Crippen molar-refractivity contribution in [2.24, 2.45) is 16.5 Å². The molecular formula is C19H20ClN5S. The van der Waals surface area contributed by atoms with Crippen LogP contribution in [0.25, 0.3) is 0 Å². The molecule has 4 rings (SSSR count). The van der Waals surface area contributed by atoms with Crippen molar-refractivity contribution in [2.75, 3.05) is 9.80 Å². The highest BCUT2D eigenvalue weighted by Gasteiger charge is 2.39. The molecule has 4 N–H and O–H groups in total. The van der Waals surface area contributed by atoms with E-state index in [9.17, 15) is 0 Å². The molecule has 2 atom stereocenters. The summed E-state index contributed by atoms with van der Waals surface area (Å²) in [6.45, 7) is 4.18. The number of thioether (sulfide) groups is 1. The SMILES string of the molecule is Cc1cccc(C)c1N1C2=C(N=CN(c3ccc(Cl)cc3)C2N)SC1N. The van der Waals surface area contributed by atoms with E-state index in [-0.39, 0.29) is 11.7 Å². The highest BCUT2D eigenvalue weighted by Crippen LogP contribution is 2.45. The fourth-order valence-corrected chi connectivity index (χ4v) is 4.55. The van der Waals surface area contributed by atoms with E-state index in [1.165, 1.54) is 11.8 Å². The number of aliphatic imine (C=N–C) groups is 1. The Bertz CT molecular complexity index is 888. The minimum absolute atomic E-state index is 0.256. The fourth-order valence-electron chi connectivity index (χ4n) is 3.43. The molecule has 0 spiro atoms. The highest BCUT2D eigenvalue weighted by atomic mass is 35.5. The lowest BCUT2D eigenvalue weighted by Gasteiger charge is -2.36. The minimum atomic E-state index is -0.385. The molecule has 0 amide bonds. The summed E-state index contributed by atoms with van der Waals surface area (Å²) in [5.74, 6) is 0. The predicted octanol–water partition coefficient (Wildman–Crippen LogP) is 3.75. The first-order valence-corrected chi connectivity index (χ1v) is 9.58. The van der Waals surface area contributed by atoms with Crippen LogP contribution in [0.5, 0.6) is 0 Å². The second-order valence-corrected chi connectivity index (χ2v) is 7.92. The summed E-state index contributed by atoms with van der Waals surface area (Å²) in [6, 6.07) is 13.8.